The third-order valence-electron chi connectivity index (χ3n) is 6.03. The van der Waals surface area contributed by atoms with Crippen LogP contribution in [0.2, 0.25) is 10.0 Å². The first-order chi connectivity index (χ1) is 15.4. The lowest BCUT2D eigenvalue weighted by Gasteiger charge is -2.37. The van der Waals surface area contributed by atoms with Gasteiger partial charge in [-0.15, -0.1) is 0 Å². The normalized spacial score (nSPS) is 15.7. The number of anilines is 1. The number of hydrogen-bond donors (Lipinski definition) is 1. The van der Waals surface area contributed by atoms with Crippen molar-refractivity contribution in [3.8, 4) is 0 Å². The van der Waals surface area contributed by atoms with E-state index < -0.39 is 5.41 Å². The smallest absolute Gasteiger partial charge is 0.235 e. The standard InChI is InChI=1S/C25H27Cl2N3O2/c1-17(2)23-28-10-11-30(23)16-18-4-3-5-20(14-18)29-24(31)25(8-12-32-13-9-25)21-7-6-19(26)15-22(21)27/h3-7,10-11,14-15,17H,8-9,12-13,16H2,1-2H3,(H,29,31). The van der Waals surface area contributed by atoms with Gasteiger partial charge in [0.1, 0.15) is 5.82 Å². The summed E-state index contributed by atoms with van der Waals surface area (Å²) in [6.45, 7) is 5.96. The Bertz CT molecular complexity index is 1100. The molecule has 1 saturated heterocycles. The van der Waals surface area contributed by atoms with Crippen molar-refractivity contribution in [2.75, 3.05) is 18.5 Å². The minimum absolute atomic E-state index is 0.0762. The molecule has 0 bridgehead atoms. The second-order valence-corrected chi connectivity index (χ2v) is 9.38. The van der Waals surface area contributed by atoms with E-state index in [4.69, 9.17) is 27.9 Å². The van der Waals surface area contributed by atoms with Gasteiger partial charge in [-0.3, -0.25) is 4.79 Å². The fourth-order valence-corrected chi connectivity index (χ4v) is 4.96. The van der Waals surface area contributed by atoms with Crippen LogP contribution in [0.3, 0.4) is 0 Å². The van der Waals surface area contributed by atoms with Crippen molar-refractivity contribution in [1.82, 2.24) is 9.55 Å². The highest BCUT2D eigenvalue weighted by Crippen LogP contribution is 2.40. The molecule has 0 saturated carbocycles. The summed E-state index contributed by atoms with van der Waals surface area (Å²) < 4.78 is 7.70. The number of nitrogens with zero attached hydrogens (tertiary/aromatic N) is 2. The predicted molar refractivity (Wildman–Crippen MR) is 129 cm³/mol. The van der Waals surface area contributed by atoms with Crippen LogP contribution in [-0.2, 0) is 21.5 Å². The van der Waals surface area contributed by atoms with Crippen molar-refractivity contribution in [1.29, 1.82) is 0 Å². The maximum absolute atomic E-state index is 13.6. The first-order valence-electron chi connectivity index (χ1n) is 10.8. The van der Waals surface area contributed by atoms with Gasteiger partial charge < -0.3 is 14.6 Å². The first-order valence-corrected chi connectivity index (χ1v) is 11.6. The summed E-state index contributed by atoms with van der Waals surface area (Å²) in [4.78, 5) is 18.1. The monoisotopic (exact) mass is 471 g/mol. The molecule has 1 aliphatic heterocycles. The van der Waals surface area contributed by atoms with Gasteiger partial charge in [0.2, 0.25) is 5.91 Å². The first kappa shape index (κ1) is 22.8. The Labute approximate surface area is 198 Å². The van der Waals surface area contributed by atoms with Crippen LogP contribution in [0, 0.1) is 0 Å². The highest BCUT2D eigenvalue weighted by atomic mass is 35.5. The second-order valence-electron chi connectivity index (χ2n) is 8.54. The maximum atomic E-state index is 13.6. The largest absolute Gasteiger partial charge is 0.381 e. The predicted octanol–water partition coefficient (Wildman–Crippen LogP) is 6.05. The van der Waals surface area contributed by atoms with E-state index in [9.17, 15) is 4.79 Å². The van der Waals surface area contributed by atoms with Gasteiger partial charge in [0.25, 0.3) is 0 Å². The molecular weight excluding hydrogens is 445 g/mol. The summed E-state index contributed by atoms with van der Waals surface area (Å²) in [7, 11) is 0. The zero-order chi connectivity index (χ0) is 22.7. The van der Waals surface area contributed by atoms with Crippen LogP contribution in [0.5, 0.6) is 0 Å². The number of rotatable bonds is 6. The number of benzene rings is 2. The number of carbonyl (C=O) groups is 1. The van der Waals surface area contributed by atoms with Crippen molar-refractivity contribution in [2.24, 2.45) is 0 Å². The summed E-state index contributed by atoms with van der Waals surface area (Å²) in [6, 6.07) is 13.3. The molecule has 0 atom stereocenters. The molecule has 0 spiro atoms. The third kappa shape index (κ3) is 4.70. The molecule has 1 aromatic heterocycles. The lowest BCUT2D eigenvalue weighted by atomic mass is 9.73. The Balaban J connectivity index is 1.59. The number of halogens is 2. The van der Waals surface area contributed by atoms with Crippen LogP contribution >= 0.6 is 23.2 Å². The van der Waals surface area contributed by atoms with Crippen LogP contribution in [0.4, 0.5) is 5.69 Å². The van der Waals surface area contributed by atoms with E-state index in [-0.39, 0.29) is 5.91 Å². The molecule has 2 aromatic carbocycles. The van der Waals surface area contributed by atoms with Crippen molar-refractivity contribution in [2.45, 2.75) is 44.6 Å². The molecule has 4 rings (SSSR count). The van der Waals surface area contributed by atoms with Crippen molar-refractivity contribution in [3.63, 3.8) is 0 Å². The van der Waals surface area contributed by atoms with E-state index in [1.165, 1.54) is 0 Å². The molecule has 5 nitrogen and oxygen atoms in total. The summed E-state index contributed by atoms with van der Waals surface area (Å²) >= 11 is 12.6. The van der Waals surface area contributed by atoms with Gasteiger partial charge in [-0.1, -0.05) is 55.2 Å². The van der Waals surface area contributed by atoms with Gasteiger partial charge in [0.15, 0.2) is 0 Å². The van der Waals surface area contributed by atoms with Crippen molar-refractivity contribution in [3.05, 3.63) is 81.9 Å². The van der Waals surface area contributed by atoms with Gasteiger partial charge in [-0.2, -0.15) is 0 Å². The lowest BCUT2D eigenvalue weighted by molar-refractivity contribution is -0.125. The molecule has 2 heterocycles. The van der Waals surface area contributed by atoms with Crippen LogP contribution in [-0.4, -0.2) is 28.7 Å². The number of carbonyl (C=O) groups excluding carboxylic acids is 1. The van der Waals surface area contributed by atoms with Gasteiger partial charge in [0, 0.05) is 53.8 Å². The van der Waals surface area contributed by atoms with E-state index >= 15 is 0 Å². The van der Waals surface area contributed by atoms with E-state index in [0.29, 0.717) is 48.6 Å². The van der Waals surface area contributed by atoms with Crippen LogP contribution in [0.25, 0.3) is 0 Å². The number of amides is 1. The van der Waals surface area contributed by atoms with Gasteiger partial charge in [-0.05, 0) is 48.2 Å². The molecule has 1 N–H and O–H groups in total. The highest BCUT2D eigenvalue weighted by Gasteiger charge is 2.43. The molecule has 0 radical (unpaired) electrons. The van der Waals surface area contributed by atoms with E-state index in [0.717, 1.165) is 22.6 Å². The Hall–Kier alpha value is -2.34. The second kappa shape index (κ2) is 9.65. The Morgan fingerprint density at radius 1 is 1.19 bits per heavy atom. The van der Waals surface area contributed by atoms with Gasteiger partial charge in [-0.25, -0.2) is 4.98 Å². The number of imidazole rings is 1. The van der Waals surface area contributed by atoms with Crippen LogP contribution in [0.15, 0.2) is 54.9 Å². The number of nitrogens with one attached hydrogen (secondary N) is 1. The zero-order valence-corrected chi connectivity index (χ0v) is 19.8. The molecule has 0 unspecified atom stereocenters. The molecule has 0 aliphatic carbocycles. The lowest BCUT2D eigenvalue weighted by Crippen LogP contribution is -2.45. The Morgan fingerprint density at radius 2 is 1.97 bits per heavy atom. The van der Waals surface area contributed by atoms with E-state index in [1.807, 2.05) is 36.7 Å². The fourth-order valence-electron chi connectivity index (χ4n) is 4.37. The number of hydrogen-bond acceptors (Lipinski definition) is 3. The number of aromatic nitrogens is 2. The summed E-state index contributed by atoms with van der Waals surface area (Å²) in [6.07, 6.45) is 4.94. The van der Waals surface area contributed by atoms with Crippen molar-refractivity contribution >= 4 is 34.8 Å². The highest BCUT2D eigenvalue weighted by molar-refractivity contribution is 6.35. The Morgan fingerprint density at radius 3 is 2.69 bits per heavy atom. The third-order valence-corrected chi connectivity index (χ3v) is 6.58. The van der Waals surface area contributed by atoms with Gasteiger partial charge >= 0.3 is 0 Å². The van der Waals surface area contributed by atoms with Crippen LogP contribution < -0.4 is 5.32 Å². The summed E-state index contributed by atoms with van der Waals surface area (Å²) in [5.74, 6) is 1.30. The molecule has 1 aliphatic rings. The van der Waals surface area contributed by atoms with E-state index in [1.54, 1.807) is 12.1 Å². The van der Waals surface area contributed by atoms with Gasteiger partial charge in [0.05, 0.1) is 5.41 Å². The quantitative estimate of drug-likeness (QED) is 0.475. The maximum Gasteiger partial charge on any atom is 0.235 e. The number of ether oxygens (including phenoxy) is 1. The summed E-state index contributed by atoms with van der Waals surface area (Å²) in [5.41, 5.74) is 1.88. The molecule has 1 amide bonds. The SMILES string of the molecule is CC(C)c1nccn1Cc1cccc(NC(=O)C2(c3ccc(Cl)cc3Cl)CCOCC2)c1. The average molecular weight is 472 g/mol. The molecule has 1 fully saturated rings. The summed E-state index contributed by atoms with van der Waals surface area (Å²) in [5, 5.41) is 4.19. The molecule has 32 heavy (non-hydrogen) atoms. The molecule has 7 heteroatoms. The minimum atomic E-state index is -0.759. The Kier molecular flexibility index (Phi) is 6.89. The molecular formula is C25H27Cl2N3O2. The molecule has 3 aromatic rings. The average Bonchev–Trinajstić information content (AvgIpc) is 3.23. The van der Waals surface area contributed by atoms with E-state index in [2.05, 4.69) is 34.8 Å². The van der Waals surface area contributed by atoms with Crippen molar-refractivity contribution < 1.29 is 9.53 Å². The minimum Gasteiger partial charge on any atom is -0.381 e. The molecule has 168 valence electrons. The fraction of sp³-hybridized carbons (Fsp3) is 0.360. The van der Waals surface area contributed by atoms with Crippen LogP contribution in [0.1, 0.15) is 49.6 Å². The zero-order valence-electron chi connectivity index (χ0n) is 18.3. The topological polar surface area (TPSA) is 56.2 Å².